The van der Waals surface area contributed by atoms with Crippen LogP contribution in [-0.2, 0) is 12.3 Å². The van der Waals surface area contributed by atoms with E-state index in [4.69, 9.17) is 43.0 Å². The second-order valence-electron chi connectivity index (χ2n) is 2.79. The van der Waals surface area contributed by atoms with Crippen molar-refractivity contribution >= 4 is 37.2 Å². The molecule has 0 aromatic carbocycles. The monoisotopic (exact) mass is 261 g/mol. The molecule has 0 aliphatic carbocycles. The Morgan fingerprint density at radius 3 is 1.00 bits per heavy atom. The molecule has 0 heterocycles. The van der Waals surface area contributed by atoms with Gasteiger partial charge in [-0.15, -0.1) is 0 Å². The Morgan fingerprint density at radius 1 is 1.00 bits per heavy atom. The van der Waals surface area contributed by atoms with Crippen LogP contribution in [0.2, 0.25) is 0 Å². The van der Waals surface area contributed by atoms with Crippen molar-refractivity contribution in [1.82, 2.24) is 0 Å². The van der Waals surface area contributed by atoms with Crippen molar-refractivity contribution in [3.63, 3.8) is 0 Å². The van der Waals surface area contributed by atoms with Gasteiger partial charge in [0.15, 0.2) is 0 Å². The molecule has 0 saturated heterocycles. The molecular weight excluding hydrogens is 252 g/mol. The summed E-state index contributed by atoms with van der Waals surface area (Å²) in [6, 6.07) is 0. The van der Waals surface area contributed by atoms with Crippen molar-refractivity contribution in [3.8, 4) is 0 Å². The average Bonchev–Trinajstić information content (AvgIpc) is 1.12. The predicted octanol–water partition coefficient (Wildman–Crippen LogP) is 3.50. The van der Waals surface area contributed by atoms with Crippen LogP contribution in [-0.4, -0.2) is 5.54 Å². The molecule has 0 atom stereocenters. The van der Waals surface area contributed by atoms with Crippen LogP contribution in [0.4, 0.5) is 0 Å². The van der Waals surface area contributed by atoms with E-state index in [0.29, 0.717) is 0 Å². The average molecular weight is 263 g/mol. The van der Waals surface area contributed by atoms with Gasteiger partial charge in [-0.2, -0.15) is 0 Å². The van der Waals surface area contributed by atoms with Crippen LogP contribution >= 0.6 is 37.2 Å². The number of hydrogen-bond donors (Lipinski definition) is 1. The fourth-order valence-electron chi connectivity index (χ4n) is 0. The number of hydrogen-bond acceptors (Lipinski definition) is 1. The van der Waals surface area contributed by atoms with E-state index in [0.717, 1.165) is 0 Å². The Bertz CT molecular complexity index is 60.2. The van der Waals surface area contributed by atoms with Gasteiger partial charge in [0.25, 0.3) is 0 Å². The number of halogens is 4. The first kappa shape index (κ1) is 14.4. The molecule has 0 unspecified atom stereocenters. The molecule has 0 aliphatic rings. The molecular formula is C4H11Cl4NTi. The van der Waals surface area contributed by atoms with E-state index in [1.54, 1.807) is 0 Å². The summed E-state index contributed by atoms with van der Waals surface area (Å²) in [7, 11) is 20.1. The molecule has 64 valence electrons. The summed E-state index contributed by atoms with van der Waals surface area (Å²) in [4.78, 5) is 0. The van der Waals surface area contributed by atoms with Gasteiger partial charge in [0.2, 0.25) is 0 Å². The molecule has 0 saturated carbocycles. The predicted molar refractivity (Wildman–Crippen MR) is 47.4 cm³/mol. The minimum atomic E-state index is -3.11. The molecule has 0 aromatic heterocycles. The molecule has 10 heavy (non-hydrogen) atoms. The summed E-state index contributed by atoms with van der Waals surface area (Å²) in [6.07, 6.45) is 0. The summed E-state index contributed by atoms with van der Waals surface area (Å²) >= 11 is -3.11. The molecule has 0 aromatic rings. The topological polar surface area (TPSA) is 26.0 Å². The molecule has 0 fully saturated rings. The minimum absolute atomic E-state index is 0. The van der Waals surface area contributed by atoms with E-state index < -0.39 is 12.3 Å². The zero-order chi connectivity index (χ0) is 9.00. The van der Waals surface area contributed by atoms with E-state index >= 15 is 0 Å². The molecule has 0 bridgehead atoms. The van der Waals surface area contributed by atoms with Crippen LogP contribution in [0, 0.1) is 0 Å². The van der Waals surface area contributed by atoms with Crippen molar-refractivity contribution in [1.29, 1.82) is 0 Å². The van der Waals surface area contributed by atoms with Crippen LogP contribution < -0.4 is 5.73 Å². The van der Waals surface area contributed by atoms with E-state index in [-0.39, 0.29) is 5.54 Å². The molecule has 0 amide bonds. The van der Waals surface area contributed by atoms with Crippen LogP contribution in [0.15, 0.2) is 0 Å². The third kappa shape index (κ3) is 228. The molecule has 0 radical (unpaired) electrons. The van der Waals surface area contributed by atoms with E-state index in [9.17, 15) is 0 Å². The van der Waals surface area contributed by atoms with Gasteiger partial charge in [0, 0.05) is 5.54 Å². The molecule has 2 N–H and O–H groups in total. The Labute approximate surface area is 81.0 Å². The summed E-state index contributed by atoms with van der Waals surface area (Å²) in [5, 5.41) is 0. The standard InChI is InChI=1S/C4H11N.4ClH.Ti/c1-4(2,3)5;;;;;/h5H2,1-3H3;4*1H;/q;;;;;+4/p-4. The summed E-state index contributed by atoms with van der Waals surface area (Å²) in [5.74, 6) is 0. The Morgan fingerprint density at radius 2 is 1.00 bits per heavy atom. The molecule has 0 aliphatic heterocycles. The zero-order valence-electron chi connectivity index (χ0n) is 6.09. The van der Waals surface area contributed by atoms with Crippen molar-refractivity contribution < 1.29 is 12.3 Å². The summed E-state index contributed by atoms with van der Waals surface area (Å²) < 4.78 is 0. The maximum absolute atomic E-state index is 5.35. The Kier molecular flexibility index (Phi) is 7.86. The van der Waals surface area contributed by atoms with Crippen molar-refractivity contribution in [2.45, 2.75) is 26.3 Å². The Hall–Kier alpha value is 1.83. The first-order valence-electron chi connectivity index (χ1n) is 2.54. The van der Waals surface area contributed by atoms with Gasteiger partial charge in [-0.3, -0.25) is 0 Å². The summed E-state index contributed by atoms with van der Waals surface area (Å²) in [6.45, 7) is 5.90. The molecule has 1 nitrogen and oxygen atoms in total. The second-order valence-corrected chi connectivity index (χ2v) is 18.3. The van der Waals surface area contributed by atoms with Gasteiger partial charge in [-0.05, 0) is 20.8 Å². The zero-order valence-corrected chi connectivity index (χ0v) is 10.7. The first-order valence-corrected chi connectivity index (χ1v) is 11.1. The van der Waals surface area contributed by atoms with E-state index in [1.165, 1.54) is 0 Å². The van der Waals surface area contributed by atoms with Gasteiger partial charge in [0.05, 0.1) is 0 Å². The quantitative estimate of drug-likeness (QED) is 0.665. The first-order chi connectivity index (χ1) is 4.00. The van der Waals surface area contributed by atoms with Crippen LogP contribution in [0.3, 0.4) is 0 Å². The molecule has 0 spiro atoms. The third-order valence-corrected chi connectivity index (χ3v) is 0. The van der Waals surface area contributed by atoms with Crippen molar-refractivity contribution in [2.75, 3.05) is 0 Å². The maximum atomic E-state index is 5.35. The van der Waals surface area contributed by atoms with Gasteiger partial charge in [0.1, 0.15) is 0 Å². The van der Waals surface area contributed by atoms with E-state index in [1.807, 2.05) is 20.8 Å². The number of rotatable bonds is 0. The van der Waals surface area contributed by atoms with Crippen LogP contribution in [0.1, 0.15) is 20.8 Å². The fourth-order valence-corrected chi connectivity index (χ4v) is 0. The molecule has 6 heteroatoms. The van der Waals surface area contributed by atoms with Crippen LogP contribution in [0.5, 0.6) is 0 Å². The SMILES string of the molecule is CC(C)(C)N.[Cl][Ti]([Cl])([Cl])[Cl]. The van der Waals surface area contributed by atoms with Gasteiger partial charge in [-0.1, -0.05) is 0 Å². The van der Waals surface area contributed by atoms with Crippen molar-refractivity contribution in [3.05, 3.63) is 0 Å². The van der Waals surface area contributed by atoms with Crippen LogP contribution in [0.25, 0.3) is 0 Å². The summed E-state index contributed by atoms with van der Waals surface area (Å²) in [5.41, 5.74) is 5.35. The second kappa shape index (κ2) is 5.47. The third-order valence-electron chi connectivity index (χ3n) is 0. The van der Waals surface area contributed by atoms with E-state index in [2.05, 4.69) is 0 Å². The normalized spacial score (nSPS) is 12.0. The van der Waals surface area contributed by atoms with Gasteiger partial charge >= 0.3 is 49.6 Å². The van der Waals surface area contributed by atoms with Crippen molar-refractivity contribution in [2.24, 2.45) is 5.73 Å². The molecule has 0 rings (SSSR count). The Balaban J connectivity index is 0. The number of nitrogens with two attached hydrogens (primary N) is 1. The van der Waals surface area contributed by atoms with Gasteiger partial charge in [-0.25, -0.2) is 0 Å². The van der Waals surface area contributed by atoms with Gasteiger partial charge < -0.3 is 5.73 Å². The fraction of sp³-hybridized carbons (Fsp3) is 1.00.